The number of ketones is 1. The van der Waals surface area contributed by atoms with Crippen LogP contribution in [-0.2, 0) is 15.9 Å². The first-order valence-electron chi connectivity index (χ1n) is 10.6. The molecule has 1 heterocycles. The van der Waals surface area contributed by atoms with E-state index in [2.05, 4.69) is 19.9 Å². The highest BCUT2D eigenvalue weighted by Crippen LogP contribution is 2.45. The number of Topliss-reactive ketones (excluding diaryl/α,β-unsaturated/α-hetero) is 1. The molecule has 0 aromatic heterocycles. The molecule has 2 aliphatic rings. The number of aromatic hydroxyl groups is 1. The number of hydrogen-bond acceptors (Lipinski definition) is 6. The van der Waals surface area contributed by atoms with E-state index in [0.29, 0.717) is 34.8 Å². The molecular formula is C25H32O6. The third-order valence-electron chi connectivity index (χ3n) is 5.79. The van der Waals surface area contributed by atoms with Gasteiger partial charge in [0.05, 0.1) is 20.3 Å². The second-order valence-electron chi connectivity index (χ2n) is 8.15. The number of hydrogen-bond donors (Lipinski definition) is 1. The van der Waals surface area contributed by atoms with Crippen LogP contribution in [0.2, 0.25) is 0 Å². The minimum absolute atomic E-state index is 0.0570. The highest BCUT2D eigenvalue weighted by atomic mass is 16.5. The number of carbonyl (C=O) groups excluding carboxylic acids is 1. The standard InChI is InChI=1S/C25H32O6/c1-15(2)8-6-7-9-17-19(26)13-23(30-5)24-20(27)14-22(31-25(17)24)18-11-10-16(28-3)12-21(18)29-4/h8,10-13,18,21-22,26H,6-7,9,14H2,1-5H3/t18?,21?,22-/m0/s1. The Morgan fingerprint density at radius 1 is 1.26 bits per heavy atom. The number of benzene rings is 1. The summed E-state index contributed by atoms with van der Waals surface area (Å²) in [6, 6.07) is 1.52. The van der Waals surface area contributed by atoms with Gasteiger partial charge in [-0.3, -0.25) is 4.79 Å². The lowest BCUT2D eigenvalue weighted by atomic mass is 9.84. The molecule has 1 aliphatic carbocycles. The van der Waals surface area contributed by atoms with E-state index in [1.807, 2.05) is 18.2 Å². The first kappa shape index (κ1) is 22.9. The number of carbonyl (C=O) groups is 1. The van der Waals surface area contributed by atoms with E-state index in [1.54, 1.807) is 14.2 Å². The topological polar surface area (TPSA) is 74.2 Å². The molecule has 1 aromatic carbocycles. The van der Waals surface area contributed by atoms with E-state index in [-0.39, 0.29) is 30.0 Å². The van der Waals surface area contributed by atoms with Gasteiger partial charge < -0.3 is 24.1 Å². The van der Waals surface area contributed by atoms with Gasteiger partial charge in [0.15, 0.2) is 5.78 Å². The lowest BCUT2D eigenvalue weighted by Gasteiger charge is -2.35. The zero-order valence-electron chi connectivity index (χ0n) is 18.9. The Morgan fingerprint density at radius 3 is 2.68 bits per heavy atom. The van der Waals surface area contributed by atoms with E-state index in [1.165, 1.54) is 18.7 Å². The van der Waals surface area contributed by atoms with Gasteiger partial charge in [-0.25, -0.2) is 0 Å². The van der Waals surface area contributed by atoms with Gasteiger partial charge in [0, 0.05) is 31.1 Å². The maximum Gasteiger partial charge on any atom is 0.174 e. The fourth-order valence-electron chi connectivity index (χ4n) is 4.16. The van der Waals surface area contributed by atoms with Gasteiger partial charge in [0.25, 0.3) is 0 Å². The Kier molecular flexibility index (Phi) is 7.44. The van der Waals surface area contributed by atoms with E-state index >= 15 is 0 Å². The molecule has 0 saturated heterocycles. The Morgan fingerprint density at radius 2 is 2.03 bits per heavy atom. The summed E-state index contributed by atoms with van der Waals surface area (Å²) in [5, 5.41) is 10.7. The predicted octanol–water partition coefficient (Wildman–Crippen LogP) is 4.75. The molecule has 31 heavy (non-hydrogen) atoms. The summed E-state index contributed by atoms with van der Waals surface area (Å²) in [6.45, 7) is 4.12. The van der Waals surface area contributed by atoms with Crippen LogP contribution in [-0.4, -0.2) is 44.4 Å². The van der Waals surface area contributed by atoms with Gasteiger partial charge in [-0.05, 0) is 45.3 Å². The molecule has 2 unspecified atom stereocenters. The van der Waals surface area contributed by atoms with E-state index in [9.17, 15) is 9.90 Å². The van der Waals surface area contributed by atoms with Crippen LogP contribution in [0.3, 0.4) is 0 Å². The number of allylic oxidation sites excluding steroid dienone is 3. The third-order valence-corrected chi connectivity index (χ3v) is 5.79. The van der Waals surface area contributed by atoms with Crippen molar-refractivity contribution in [1.29, 1.82) is 0 Å². The maximum atomic E-state index is 13.2. The Balaban J connectivity index is 1.94. The van der Waals surface area contributed by atoms with Crippen LogP contribution in [0, 0.1) is 5.92 Å². The molecule has 0 bridgehead atoms. The molecule has 6 nitrogen and oxygen atoms in total. The molecule has 1 aliphatic heterocycles. The summed E-state index contributed by atoms with van der Waals surface area (Å²) < 4.78 is 22.7. The average molecular weight is 429 g/mol. The van der Waals surface area contributed by atoms with Crippen molar-refractivity contribution in [1.82, 2.24) is 0 Å². The molecule has 1 aromatic rings. The molecule has 3 rings (SSSR count). The second kappa shape index (κ2) is 10.1. The molecule has 1 N–H and O–H groups in total. The van der Waals surface area contributed by atoms with Crippen molar-refractivity contribution >= 4 is 5.78 Å². The van der Waals surface area contributed by atoms with Crippen LogP contribution < -0.4 is 9.47 Å². The van der Waals surface area contributed by atoms with Crippen molar-refractivity contribution in [2.45, 2.75) is 51.7 Å². The smallest absolute Gasteiger partial charge is 0.174 e. The monoisotopic (exact) mass is 428 g/mol. The molecule has 6 heteroatoms. The fraction of sp³-hybridized carbons (Fsp3) is 0.480. The van der Waals surface area contributed by atoms with Crippen LogP contribution >= 0.6 is 0 Å². The summed E-state index contributed by atoms with van der Waals surface area (Å²) in [5.41, 5.74) is 2.32. The minimum Gasteiger partial charge on any atom is -0.507 e. The number of methoxy groups -OCH3 is 3. The maximum absolute atomic E-state index is 13.2. The summed E-state index contributed by atoms with van der Waals surface area (Å²) in [7, 11) is 4.73. The summed E-state index contributed by atoms with van der Waals surface area (Å²) in [6.07, 6.45) is 9.72. The number of fused-ring (bicyclic) bond motifs is 1. The van der Waals surface area contributed by atoms with Crippen LogP contribution in [0.5, 0.6) is 17.2 Å². The number of unbranched alkanes of at least 4 members (excludes halogenated alkanes) is 1. The molecular weight excluding hydrogens is 396 g/mol. The van der Waals surface area contributed by atoms with E-state index < -0.39 is 6.10 Å². The van der Waals surface area contributed by atoms with Crippen molar-refractivity contribution in [3.63, 3.8) is 0 Å². The second-order valence-corrected chi connectivity index (χ2v) is 8.15. The summed E-state index contributed by atoms with van der Waals surface area (Å²) in [4.78, 5) is 13.2. The molecule has 0 amide bonds. The lowest BCUT2D eigenvalue weighted by molar-refractivity contribution is 0.0303. The van der Waals surface area contributed by atoms with E-state index in [4.69, 9.17) is 18.9 Å². The average Bonchev–Trinajstić information content (AvgIpc) is 2.76. The quantitative estimate of drug-likeness (QED) is 0.476. The SMILES string of the molecule is COC1=CC(OC)C([C@@H]2CC(=O)c3c(OC)cc(O)c(CCCC=C(C)C)c3O2)C=C1. The number of phenolic OH excluding ortho intramolecular Hbond substituents is 1. The number of ether oxygens (including phenoxy) is 4. The molecule has 168 valence electrons. The molecule has 0 saturated carbocycles. The van der Waals surface area contributed by atoms with Crippen molar-refractivity contribution in [3.8, 4) is 17.2 Å². The van der Waals surface area contributed by atoms with Crippen LogP contribution in [0.25, 0.3) is 0 Å². The van der Waals surface area contributed by atoms with Gasteiger partial charge in [-0.2, -0.15) is 0 Å². The Bertz CT molecular complexity index is 907. The van der Waals surface area contributed by atoms with Crippen LogP contribution in [0.15, 0.2) is 41.7 Å². The molecule has 0 fully saturated rings. The van der Waals surface area contributed by atoms with Gasteiger partial charge in [-0.1, -0.05) is 17.7 Å². The number of rotatable bonds is 8. The third kappa shape index (κ3) is 4.96. The predicted molar refractivity (Wildman–Crippen MR) is 119 cm³/mol. The zero-order chi connectivity index (χ0) is 22.5. The summed E-state index contributed by atoms with van der Waals surface area (Å²) >= 11 is 0. The van der Waals surface area contributed by atoms with Gasteiger partial charge in [0.2, 0.25) is 0 Å². The minimum atomic E-state index is -0.418. The number of phenols is 1. The van der Waals surface area contributed by atoms with Crippen molar-refractivity contribution in [2.24, 2.45) is 5.92 Å². The van der Waals surface area contributed by atoms with Crippen molar-refractivity contribution in [3.05, 3.63) is 52.8 Å². The van der Waals surface area contributed by atoms with Crippen LogP contribution in [0.1, 0.15) is 49.0 Å². The first-order valence-corrected chi connectivity index (χ1v) is 10.6. The zero-order valence-corrected chi connectivity index (χ0v) is 18.9. The Labute approximate surface area is 184 Å². The van der Waals surface area contributed by atoms with Gasteiger partial charge >= 0.3 is 0 Å². The van der Waals surface area contributed by atoms with E-state index in [0.717, 1.165) is 12.8 Å². The summed E-state index contributed by atoms with van der Waals surface area (Å²) in [5.74, 6) is 1.36. The lowest BCUT2D eigenvalue weighted by Crippen LogP contribution is -2.40. The molecule has 0 radical (unpaired) electrons. The fourth-order valence-corrected chi connectivity index (χ4v) is 4.16. The van der Waals surface area contributed by atoms with Crippen molar-refractivity contribution < 1.29 is 28.8 Å². The highest BCUT2D eigenvalue weighted by molar-refractivity contribution is 6.03. The Hall–Kier alpha value is -2.73. The van der Waals surface area contributed by atoms with Gasteiger partial charge in [-0.15, -0.1) is 0 Å². The molecule has 0 spiro atoms. The highest BCUT2D eigenvalue weighted by Gasteiger charge is 2.39. The normalized spacial score (nSPS) is 22.3. The first-order chi connectivity index (χ1) is 14.9. The van der Waals surface area contributed by atoms with Crippen LogP contribution in [0.4, 0.5) is 0 Å². The largest absolute Gasteiger partial charge is 0.507 e. The molecule has 3 atom stereocenters. The van der Waals surface area contributed by atoms with Crippen molar-refractivity contribution in [2.75, 3.05) is 21.3 Å². The van der Waals surface area contributed by atoms with Gasteiger partial charge in [0.1, 0.15) is 34.7 Å².